The first kappa shape index (κ1) is 16.1. The number of anilines is 1. The molecule has 3 aromatic rings. The second-order valence-electron chi connectivity index (χ2n) is 6.53. The third-order valence-corrected chi connectivity index (χ3v) is 5.81. The molecule has 130 valence electrons. The average Bonchev–Trinajstić information content (AvgIpc) is 3.29. The highest BCUT2D eigenvalue weighted by molar-refractivity contribution is 7.17. The molecule has 1 aliphatic rings. The van der Waals surface area contributed by atoms with Gasteiger partial charge in [0.05, 0.1) is 27.7 Å². The van der Waals surface area contributed by atoms with Crippen molar-refractivity contribution in [1.82, 2.24) is 19.7 Å². The Morgan fingerprint density at radius 3 is 3.08 bits per heavy atom. The molecule has 0 saturated carbocycles. The number of rotatable bonds is 3. The van der Waals surface area contributed by atoms with Gasteiger partial charge in [0.2, 0.25) is 0 Å². The fourth-order valence-electron chi connectivity index (χ4n) is 3.50. The van der Waals surface area contributed by atoms with Crippen LogP contribution in [0.3, 0.4) is 0 Å². The second kappa shape index (κ2) is 6.48. The topological polar surface area (TPSA) is 54.3 Å². The molecule has 4 rings (SSSR count). The number of hydrogen-bond donors (Lipinski definition) is 0. The minimum absolute atomic E-state index is 0.0379. The van der Waals surface area contributed by atoms with E-state index in [1.165, 1.54) is 10.4 Å². The zero-order valence-corrected chi connectivity index (χ0v) is 15.2. The van der Waals surface area contributed by atoms with Gasteiger partial charge < -0.3 is 9.80 Å². The van der Waals surface area contributed by atoms with Crippen molar-refractivity contribution in [2.45, 2.75) is 18.9 Å². The Labute approximate surface area is 150 Å². The van der Waals surface area contributed by atoms with E-state index in [0.29, 0.717) is 5.56 Å². The Balaban J connectivity index is 1.54. The van der Waals surface area contributed by atoms with Crippen molar-refractivity contribution in [1.29, 1.82) is 0 Å². The van der Waals surface area contributed by atoms with Crippen LogP contribution in [0.1, 0.15) is 23.2 Å². The van der Waals surface area contributed by atoms with Crippen molar-refractivity contribution >= 4 is 33.1 Å². The van der Waals surface area contributed by atoms with E-state index < -0.39 is 0 Å². The predicted octanol–water partition coefficient (Wildman–Crippen LogP) is 2.77. The molecular weight excluding hydrogens is 334 g/mol. The lowest BCUT2D eigenvalue weighted by Gasteiger charge is -2.38. The van der Waals surface area contributed by atoms with Crippen LogP contribution in [0, 0.1) is 0 Å². The number of aryl methyl sites for hydroxylation is 1. The number of fused-ring (bicyclic) bond motifs is 1. The lowest BCUT2D eigenvalue weighted by Crippen LogP contribution is -2.48. The molecule has 25 heavy (non-hydrogen) atoms. The van der Waals surface area contributed by atoms with Crippen LogP contribution in [0.25, 0.3) is 10.2 Å². The Kier molecular flexibility index (Phi) is 4.17. The molecule has 4 heterocycles. The van der Waals surface area contributed by atoms with Gasteiger partial charge in [-0.05, 0) is 30.4 Å². The summed E-state index contributed by atoms with van der Waals surface area (Å²) in [7, 11) is 3.73. The third kappa shape index (κ3) is 3.00. The molecule has 1 unspecified atom stereocenters. The summed E-state index contributed by atoms with van der Waals surface area (Å²) in [6.45, 7) is 1.86. The van der Waals surface area contributed by atoms with Gasteiger partial charge in [-0.15, -0.1) is 11.3 Å². The Bertz CT molecular complexity index is 902. The molecule has 0 spiro atoms. The number of thiophene rings is 1. The van der Waals surface area contributed by atoms with Gasteiger partial charge in [-0.25, -0.2) is 0 Å². The molecule has 1 aliphatic heterocycles. The predicted molar refractivity (Wildman–Crippen MR) is 100 cm³/mol. The van der Waals surface area contributed by atoms with Crippen molar-refractivity contribution < 1.29 is 4.79 Å². The molecule has 1 fully saturated rings. The number of hydrogen-bond acceptors (Lipinski definition) is 5. The van der Waals surface area contributed by atoms with Crippen LogP contribution in [0.5, 0.6) is 0 Å². The summed E-state index contributed by atoms with van der Waals surface area (Å²) in [4.78, 5) is 21.4. The summed E-state index contributed by atoms with van der Waals surface area (Å²) < 4.78 is 2.89. The van der Waals surface area contributed by atoms with Crippen molar-refractivity contribution in [2.75, 3.05) is 25.0 Å². The maximum absolute atomic E-state index is 12.7. The molecule has 1 atom stereocenters. The Hall–Kier alpha value is -2.41. The van der Waals surface area contributed by atoms with E-state index >= 15 is 0 Å². The van der Waals surface area contributed by atoms with E-state index in [4.69, 9.17) is 0 Å². The van der Waals surface area contributed by atoms with Crippen LogP contribution in [0.2, 0.25) is 0 Å². The molecule has 1 saturated heterocycles. The quantitative estimate of drug-likeness (QED) is 0.725. The van der Waals surface area contributed by atoms with Gasteiger partial charge in [-0.2, -0.15) is 5.10 Å². The molecule has 3 aromatic heterocycles. The zero-order chi connectivity index (χ0) is 17.4. The minimum atomic E-state index is 0.0379. The van der Waals surface area contributed by atoms with Gasteiger partial charge in [-0.1, -0.05) is 0 Å². The third-order valence-electron chi connectivity index (χ3n) is 4.88. The second-order valence-corrected chi connectivity index (χ2v) is 7.44. The number of nitrogens with zero attached hydrogens (tertiary/aromatic N) is 5. The van der Waals surface area contributed by atoms with Crippen molar-refractivity contribution in [3.63, 3.8) is 0 Å². The Morgan fingerprint density at radius 1 is 1.40 bits per heavy atom. The molecule has 0 radical (unpaired) electrons. The van der Waals surface area contributed by atoms with E-state index in [0.717, 1.165) is 31.4 Å². The fraction of sp³-hybridized carbons (Fsp3) is 0.389. The fourth-order valence-corrected chi connectivity index (χ4v) is 4.39. The highest BCUT2D eigenvalue weighted by atomic mass is 32.1. The number of carbonyl (C=O) groups is 1. The largest absolute Gasteiger partial charge is 0.368 e. The lowest BCUT2D eigenvalue weighted by molar-refractivity contribution is 0.0717. The van der Waals surface area contributed by atoms with E-state index in [9.17, 15) is 4.79 Å². The molecule has 7 heteroatoms. The first-order chi connectivity index (χ1) is 12.1. The van der Waals surface area contributed by atoms with E-state index in [-0.39, 0.29) is 11.9 Å². The highest BCUT2D eigenvalue weighted by Gasteiger charge is 2.28. The number of carbonyl (C=O) groups excluding carboxylic acids is 1. The summed E-state index contributed by atoms with van der Waals surface area (Å²) in [6, 6.07) is 4.34. The summed E-state index contributed by atoms with van der Waals surface area (Å²) in [5.41, 5.74) is 2.92. The van der Waals surface area contributed by atoms with Gasteiger partial charge in [0.15, 0.2) is 0 Å². The van der Waals surface area contributed by atoms with Gasteiger partial charge in [-0.3, -0.25) is 14.5 Å². The molecular formula is C18H21N5OS. The standard InChI is InChI=1S/C18H21N5OS/c1-21-11-13(10-20-21)18(24)22(2)14-4-3-8-23(12-14)16-5-7-19-15-6-9-25-17(15)16/h5-7,9-11,14H,3-4,8,12H2,1-2H3. The van der Waals surface area contributed by atoms with Crippen molar-refractivity contribution in [2.24, 2.45) is 7.05 Å². The molecule has 0 aliphatic carbocycles. The molecule has 0 bridgehead atoms. The van der Waals surface area contributed by atoms with Crippen LogP contribution in [0.4, 0.5) is 5.69 Å². The average molecular weight is 355 g/mol. The Morgan fingerprint density at radius 2 is 2.28 bits per heavy atom. The van der Waals surface area contributed by atoms with Gasteiger partial charge >= 0.3 is 0 Å². The van der Waals surface area contributed by atoms with Crippen LogP contribution in [-0.2, 0) is 7.05 Å². The molecule has 1 amide bonds. The first-order valence-electron chi connectivity index (χ1n) is 8.46. The highest BCUT2D eigenvalue weighted by Crippen LogP contribution is 2.32. The summed E-state index contributed by atoms with van der Waals surface area (Å²) >= 11 is 1.73. The summed E-state index contributed by atoms with van der Waals surface area (Å²) in [6.07, 6.45) is 7.38. The lowest BCUT2D eigenvalue weighted by atomic mass is 10.0. The van der Waals surface area contributed by atoms with Crippen LogP contribution in [0.15, 0.2) is 36.1 Å². The molecule has 6 nitrogen and oxygen atoms in total. The number of pyridine rings is 1. The van der Waals surface area contributed by atoms with Gasteiger partial charge in [0.25, 0.3) is 5.91 Å². The van der Waals surface area contributed by atoms with Crippen LogP contribution in [-0.4, -0.2) is 51.8 Å². The molecule has 0 N–H and O–H groups in total. The van der Waals surface area contributed by atoms with Crippen LogP contribution < -0.4 is 4.90 Å². The van der Waals surface area contributed by atoms with Crippen LogP contribution >= 0.6 is 11.3 Å². The number of aromatic nitrogens is 3. The number of piperidine rings is 1. The first-order valence-corrected chi connectivity index (χ1v) is 9.34. The normalized spacial score (nSPS) is 17.8. The molecule has 0 aromatic carbocycles. The van der Waals surface area contributed by atoms with Gasteiger partial charge in [0.1, 0.15) is 0 Å². The SMILES string of the molecule is CN(C(=O)c1cnn(C)c1)C1CCCN(c2ccnc3ccsc23)C1. The monoisotopic (exact) mass is 355 g/mol. The number of likely N-dealkylation sites (N-methyl/N-ethyl adjacent to an activating group) is 1. The zero-order valence-electron chi connectivity index (χ0n) is 14.4. The van der Waals surface area contributed by atoms with E-state index in [1.807, 2.05) is 25.2 Å². The number of amides is 1. The van der Waals surface area contributed by atoms with Crippen molar-refractivity contribution in [3.8, 4) is 0 Å². The summed E-state index contributed by atoms with van der Waals surface area (Å²) in [5, 5.41) is 6.19. The van der Waals surface area contributed by atoms with E-state index in [1.54, 1.807) is 28.4 Å². The summed E-state index contributed by atoms with van der Waals surface area (Å²) in [5.74, 6) is 0.0379. The van der Waals surface area contributed by atoms with Crippen molar-refractivity contribution in [3.05, 3.63) is 41.7 Å². The van der Waals surface area contributed by atoms with Gasteiger partial charge in [0, 0.05) is 45.6 Å². The minimum Gasteiger partial charge on any atom is -0.368 e. The smallest absolute Gasteiger partial charge is 0.257 e. The maximum atomic E-state index is 12.7. The van der Waals surface area contributed by atoms with E-state index in [2.05, 4.69) is 32.5 Å². The maximum Gasteiger partial charge on any atom is 0.257 e.